The number of esters is 1. The van der Waals surface area contributed by atoms with Crippen LogP contribution in [-0.2, 0) is 14.3 Å². The zero-order valence-electron chi connectivity index (χ0n) is 25.1. The summed E-state index contributed by atoms with van der Waals surface area (Å²) in [4.78, 5) is 25.2. The Morgan fingerprint density at radius 2 is 1.72 bits per heavy atom. The van der Waals surface area contributed by atoms with Gasteiger partial charge >= 0.3 is 5.97 Å². The van der Waals surface area contributed by atoms with E-state index in [0.29, 0.717) is 29.5 Å². The minimum absolute atomic E-state index is 0.112. The highest BCUT2D eigenvalue weighted by Gasteiger charge is 2.66. The molecule has 0 aromatic carbocycles. The van der Waals surface area contributed by atoms with E-state index < -0.39 is 5.60 Å². The molecule has 36 heavy (non-hydrogen) atoms. The molecule has 0 aliphatic heterocycles. The molecule has 4 rings (SSSR count). The van der Waals surface area contributed by atoms with Crippen molar-refractivity contribution in [2.45, 2.75) is 133 Å². The monoisotopic (exact) mass is 498 g/mol. The van der Waals surface area contributed by atoms with Crippen LogP contribution in [0.5, 0.6) is 0 Å². The number of fused-ring (bicyclic) bond motifs is 5. The third-order valence-corrected chi connectivity index (χ3v) is 12.7. The smallest absolute Gasteiger partial charge is 0.303 e. The lowest BCUT2D eigenvalue weighted by molar-refractivity contribution is -0.154. The van der Waals surface area contributed by atoms with Gasteiger partial charge in [-0.25, -0.2) is 0 Å². The van der Waals surface area contributed by atoms with Gasteiger partial charge in [0, 0.05) is 12.8 Å². The van der Waals surface area contributed by atoms with Gasteiger partial charge in [0.15, 0.2) is 5.78 Å². The van der Waals surface area contributed by atoms with Crippen molar-refractivity contribution < 1.29 is 14.3 Å². The zero-order chi connectivity index (χ0) is 26.9. The number of rotatable bonds is 6. The van der Waals surface area contributed by atoms with Gasteiger partial charge in [0.05, 0.1) is 0 Å². The number of ether oxygens (including phenoxy) is 1. The highest BCUT2D eigenvalue weighted by atomic mass is 16.6. The van der Waals surface area contributed by atoms with Crippen molar-refractivity contribution in [3.8, 4) is 0 Å². The van der Waals surface area contributed by atoms with Crippen molar-refractivity contribution in [2.24, 2.45) is 51.2 Å². The molecule has 0 amide bonds. The molecule has 0 saturated heterocycles. The van der Waals surface area contributed by atoms with Crippen molar-refractivity contribution >= 4 is 11.8 Å². The summed E-state index contributed by atoms with van der Waals surface area (Å²) < 4.78 is 5.60. The molecule has 3 saturated carbocycles. The van der Waals surface area contributed by atoms with Crippen LogP contribution in [0.2, 0.25) is 0 Å². The highest BCUT2D eigenvalue weighted by Crippen LogP contribution is 2.73. The zero-order valence-corrected chi connectivity index (χ0v) is 25.1. The minimum Gasteiger partial charge on any atom is -0.460 e. The molecule has 0 heterocycles. The second kappa shape index (κ2) is 8.98. The molecular formula is C33H54O3. The van der Waals surface area contributed by atoms with Crippen molar-refractivity contribution in [3.63, 3.8) is 0 Å². The van der Waals surface area contributed by atoms with Crippen molar-refractivity contribution in [1.82, 2.24) is 0 Å². The first-order valence-electron chi connectivity index (χ1n) is 14.9. The van der Waals surface area contributed by atoms with Gasteiger partial charge in [-0.05, 0) is 117 Å². The summed E-state index contributed by atoms with van der Waals surface area (Å²) in [6, 6.07) is 0. The highest BCUT2D eigenvalue weighted by molar-refractivity contribution is 5.94. The first kappa shape index (κ1) is 27.9. The third kappa shape index (κ3) is 4.23. The predicted molar refractivity (Wildman–Crippen MR) is 147 cm³/mol. The molecule has 0 spiro atoms. The third-order valence-electron chi connectivity index (χ3n) is 12.7. The first-order chi connectivity index (χ1) is 16.5. The summed E-state index contributed by atoms with van der Waals surface area (Å²) in [6.07, 6.45) is 12.6. The van der Waals surface area contributed by atoms with E-state index in [1.807, 2.05) is 13.8 Å². The largest absolute Gasteiger partial charge is 0.460 e. The molecule has 0 aromatic heterocycles. The lowest BCUT2D eigenvalue weighted by Gasteiger charge is -2.62. The van der Waals surface area contributed by atoms with Crippen LogP contribution in [0.1, 0.15) is 127 Å². The average molecular weight is 499 g/mol. The number of ketones is 1. The molecule has 8 atom stereocenters. The van der Waals surface area contributed by atoms with Gasteiger partial charge < -0.3 is 4.74 Å². The van der Waals surface area contributed by atoms with E-state index in [-0.39, 0.29) is 33.5 Å². The van der Waals surface area contributed by atoms with Crippen LogP contribution in [0.15, 0.2) is 11.6 Å². The molecule has 204 valence electrons. The fourth-order valence-corrected chi connectivity index (χ4v) is 9.82. The maximum atomic E-state index is 13.6. The lowest BCUT2D eigenvalue weighted by Crippen LogP contribution is -2.56. The molecule has 3 nitrogen and oxygen atoms in total. The van der Waals surface area contributed by atoms with Gasteiger partial charge in [-0.3, -0.25) is 9.59 Å². The Bertz CT molecular complexity index is 927. The number of carbonyl (C=O) groups is 2. The summed E-state index contributed by atoms with van der Waals surface area (Å²) >= 11 is 0. The van der Waals surface area contributed by atoms with E-state index in [1.165, 1.54) is 51.0 Å². The summed E-state index contributed by atoms with van der Waals surface area (Å²) in [5.41, 5.74) is 1.76. The number of hydrogen-bond acceptors (Lipinski definition) is 3. The molecule has 3 fully saturated rings. The SMILES string of the molecule is CC(=O)OC(C)(C)CC[C@@H](C)C(C)(C)[C@H]1CC[C@@]2(C)C3=CC(=O)[C@@H]4C[C@@H](C)CC[C@]4(C)C3CC[C@]12C. The van der Waals surface area contributed by atoms with Crippen LogP contribution in [0, 0.1) is 51.2 Å². The van der Waals surface area contributed by atoms with Gasteiger partial charge in [0.2, 0.25) is 0 Å². The fraction of sp³-hybridized carbons (Fsp3) is 0.879. The molecule has 4 aliphatic rings. The molecule has 0 radical (unpaired) electrons. The Kier molecular flexibility index (Phi) is 6.96. The number of allylic oxidation sites excluding steroid dienone is 2. The summed E-state index contributed by atoms with van der Waals surface area (Å²) in [5, 5.41) is 0. The topological polar surface area (TPSA) is 43.4 Å². The van der Waals surface area contributed by atoms with E-state index in [1.54, 1.807) is 0 Å². The lowest BCUT2D eigenvalue weighted by atomic mass is 9.42. The quantitative estimate of drug-likeness (QED) is 0.344. The number of carbonyl (C=O) groups excluding carboxylic acids is 2. The molecule has 0 N–H and O–H groups in total. The minimum atomic E-state index is -0.418. The van der Waals surface area contributed by atoms with Crippen LogP contribution in [0.4, 0.5) is 0 Å². The van der Waals surface area contributed by atoms with E-state index in [4.69, 9.17) is 4.74 Å². The van der Waals surface area contributed by atoms with Crippen LogP contribution in [-0.4, -0.2) is 17.4 Å². The second-order valence-corrected chi connectivity index (χ2v) is 15.5. The Balaban J connectivity index is 1.59. The van der Waals surface area contributed by atoms with Gasteiger partial charge in [-0.15, -0.1) is 0 Å². The second-order valence-electron chi connectivity index (χ2n) is 15.5. The Morgan fingerprint density at radius 3 is 2.36 bits per heavy atom. The van der Waals surface area contributed by atoms with Gasteiger partial charge in [0.25, 0.3) is 0 Å². The van der Waals surface area contributed by atoms with Crippen molar-refractivity contribution in [3.05, 3.63) is 11.6 Å². The summed E-state index contributed by atoms with van der Waals surface area (Å²) in [5.74, 6) is 2.88. The van der Waals surface area contributed by atoms with Crippen LogP contribution >= 0.6 is 0 Å². The normalized spacial score (nSPS) is 41.6. The summed E-state index contributed by atoms with van der Waals surface area (Å²) in [7, 11) is 0. The molecule has 1 unspecified atom stereocenters. The van der Waals surface area contributed by atoms with Crippen LogP contribution in [0.3, 0.4) is 0 Å². The average Bonchev–Trinajstić information content (AvgIpc) is 3.05. The standard InChI is InChI=1S/C33H54O3/c1-21-11-16-31(8)24-13-17-33(10)28(14-18-32(33,9)25(24)20-27(35)26(31)19-21)30(6,7)22(2)12-15-29(4,5)36-23(3)34/h20-22,24,26,28H,11-19H2,1-10H3/t21-,22+,24?,26-,28+,31+,32-,33+/m0/s1. The maximum Gasteiger partial charge on any atom is 0.303 e. The van der Waals surface area contributed by atoms with Gasteiger partial charge in [0.1, 0.15) is 5.60 Å². The van der Waals surface area contributed by atoms with Crippen molar-refractivity contribution in [2.75, 3.05) is 0 Å². The fourth-order valence-electron chi connectivity index (χ4n) is 9.82. The van der Waals surface area contributed by atoms with Gasteiger partial charge in [-0.2, -0.15) is 0 Å². The van der Waals surface area contributed by atoms with Gasteiger partial charge in [-0.1, -0.05) is 60.5 Å². The predicted octanol–water partition coefficient (Wildman–Crippen LogP) is 8.55. The van der Waals surface area contributed by atoms with Crippen molar-refractivity contribution in [1.29, 1.82) is 0 Å². The van der Waals surface area contributed by atoms with E-state index in [0.717, 1.165) is 19.3 Å². The molecule has 4 aliphatic carbocycles. The van der Waals surface area contributed by atoms with E-state index in [2.05, 4.69) is 54.5 Å². The maximum absolute atomic E-state index is 13.6. The molecular weight excluding hydrogens is 444 g/mol. The molecule has 3 heteroatoms. The number of hydrogen-bond donors (Lipinski definition) is 0. The first-order valence-corrected chi connectivity index (χ1v) is 14.9. The Hall–Kier alpha value is -1.12. The Labute approximate surface area is 221 Å². The van der Waals surface area contributed by atoms with Crippen LogP contribution < -0.4 is 0 Å². The summed E-state index contributed by atoms with van der Waals surface area (Å²) in [6.45, 7) is 22.9. The Morgan fingerprint density at radius 1 is 1.06 bits per heavy atom. The van der Waals surface area contributed by atoms with E-state index in [9.17, 15) is 9.59 Å². The van der Waals surface area contributed by atoms with Crippen LogP contribution in [0.25, 0.3) is 0 Å². The van der Waals surface area contributed by atoms with E-state index >= 15 is 0 Å². The molecule has 0 aromatic rings. The molecule has 0 bridgehead atoms.